The average Bonchev–Trinajstić information content (AvgIpc) is 3.18. The van der Waals surface area contributed by atoms with E-state index in [2.05, 4.69) is 15.6 Å². The number of amides is 3. The minimum Gasteiger partial charge on any atom is -0.394 e. The number of nitrogens with one attached hydrogen (secondary N) is 4. The Morgan fingerprint density at radius 3 is 2.38 bits per heavy atom. The molecule has 1 aromatic heterocycles. The lowest BCUT2D eigenvalue weighted by Gasteiger charge is -2.32. The molecule has 0 fully saturated rings. The molecule has 12 heteroatoms. The highest BCUT2D eigenvalue weighted by Gasteiger charge is 2.38. The Bertz CT molecular complexity index is 1260. The van der Waals surface area contributed by atoms with Crippen molar-refractivity contribution in [2.24, 2.45) is 0 Å². The van der Waals surface area contributed by atoms with Crippen molar-refractivity contribution in [2.75, 3.05) is 6.61 Å². The molecule has 182 valence electrons. The summed E-state index contributed by atoms with van der Waals surface area (Å²) in [6, 6.07) is 13.2. The van der Waals surface area contributed by atoms with Crippen LogP contribution in [0.15, 0.2) is 60.8 Å². The molecule has 11 nitrogen and oxygen atoms in total. The number of aliphatic hydroxyl groups is 2. The van der Waals surface area contributed by atoms with Crippen LogP contribution in [0.2, 0.25) is 0 Å². The summed E-state index contributed by atoms with van der Waals surface area (Å²) in [4.78, 5) is 28.6. The Balaban J connectivity index is 1.89. The highest BCUT2D eigenvalue weighted by atomic mass is 32.2. The molecular weight excluding hydrogens is 464 g/mol. The minimum absolute atomic E-state index is 0.0820. The Morgan fingerprint density at radius 2 is 1.74 bits per heavy atom. The van der Waals surface area contributed by atoms with E-state index in [9.17, 15) is 28.2 Å². The Kier molecular flexibility index (Phi) is 7.57. The second-order valence-electron chi connectivity index (χ2n) is 8.02. The van der Waals surface area contributed by atoms with Crippen LogP contribution in [0.25, 0.3) is 10.9 Å². The predicted octanol–water partition coefficient (Wildman–Crippen LogP) is 0.782. The number of para-hydroxylation sites is 1. The van der Waals surface area contributed by atoms with Crippen molar-refractivity contribution >= 4 is 33.1 Å². The summed E-state index contributed by atoms with van der Waals surface area (Å²) in [6.45, 7) is 0.749. The van der Waals surface area contributed by atoms with Crippen molar-refractivity contribution in [3.05, 3.63) is 71.9 Å². The van der Waals surface area contributed by atoms with Gasteiger partial charge in [0.2, 0.25) is 5.91 Å². The number of aliphatic hydroxyl groups excluding tert-OH is 2. The number of carbonyl (C=O) groups is 2. The van der Waals surface area contributed by atoms with Crippen LogP contribution in [-0.4, -0.2) is 58.3 Å². The summed E-state index contributed by atoms with van der Waals surface area (Å²) in [5, 5.41) is 26.0. The average molecular weight is 491 g/mol. The van der Waals surface area contributed by atoms with Crippen LogP contribution in [0.3, 0.4) is 0 Å². The van der Waals surface area contributed by atoms with E-state index in [0.29, 0.717) is 11.1 Å². The zero-order valence-electron chi connectivity index (χ0n) is 18.2. The molecule has 3 aromatic rings. The van der Waals surface area contributed by atoms with E-state index in [1.165, 1.54) is 11.6 Å². The van der Waals surface area contributed by atoms with Gasteiger partial charge in [-0.1, -0.05) is 48.5 Å². The van der Waals surface area contributed by atoms with E-state index in [-0.39, 0.29) is 6.42 Å². The molecule has 0 aliphatic carbocycles. The number of hydrogen-bond donors (Lipinski definition) is 7. The molecule has 0 saturated carbocycles. The van der Waals surface area contributed by atoms with E-state index in [0.717, 1.165) is 10.9 Å². The number of fused-ring (bicyclic) bond motifs is 1. The van der Waals surface area contributed by atoms with Crippen LogP contribution in [0.1, 0.15) is 24.2 Å². The summed E-state index contributed by atoms with van der Waals surface area (Å²) in [7, 11) is -4.88. The molecule has 0 bridgehead atoms. The third-order valence-corrected chi connectivity index (χ3v) is 5.81. The molecule has 0 aliphatic rings. The van der Waals surface area contributed by atoms with Crippen molar-refractivity contribution in [2.45, 2.75) is 31.0 Å². The second kappa shape index (κ2) is 10.2. The Hall–Kier alpha value is -3.45. The highest BCUT2D eigenvalue weighted by Crippen LogP contribution is 2.24. The molecule has 0 aliphatic heterocycles. The van der Waals surface area contributed by atoms with Gasteiger partial charge in [-0.3, -0.25) is 9.35 Å². The van der Waals surface area contributed by atoms with Crippen molar-refractivity contribution in [3.63, 3.8) is 0 Å². The number of rotatable bonds is 9. The van der Waals surface area contributed by atoms with Gasteiger partial charge in [-0.15, -0.1) is 0 Å². The summed E-state index contributed by atoms with van der Waals surface area (Å²) in [5.41, 5.74) is 0.140. The molecule has 0 radical (unpaired) electrons. The van der Waals surface area contributed by atoms with E-state index >= 15 is 0 Å². The smallest absolute Gasteiger partial charge is 0.361 e. The number of aromatic nitrogens is 1. The van der Waals surface area contributed by atoms with Crippen molar-refractivity contribution in [1.29, 1.82) is 0 Å². The number of hydrogen-bond acceptors (Lipinski definition) is 6. The van der Waals surface area contributed by atoms with Gasteiger partial charge in [-0.2, -0.15) is 8.42 Å². The molecule has 3 rings (SSSR count). The van der Waals surface area contributed by atoms with Crippen LogP contribution in [0, 0.1) is 0 Å². The normalized spacial score (nSPS) is 15.2. The molecule has 7 N–H and O–H groups in total. The lowest BCUT2D eigenvalue weighted by Crippen LogP contribution is -2.62. The SMILES string of the molecule is CC(Cc1c[nH]c2ccccc12)(NC(=O)NS(=O)(=O)O)C(=O)NC(CO)C(O)c1ccccc1. The van der Waals surface area contributed by atoms with E-state index in [4.69, 9.17) is 4.55 Å². The number of carbonyl (C=O) groups excluding carboxylic acids is 2. The number of aromatic amines is 1. The summed E-state index contributed by atoms with van der Waals surface area (Å²) < 4.78 is 32.4. The van der Waals surface area contributed by atoms with Gasteiger partial charge < -0.3 is 25.8 Å². The maximum atomic E-state index is 13.3. The number of H-pyrrole nitrogens is 1. The monoisotopic (exact) mass is 490 g/mol. The highest BCUT2D eigenvalue weighted by molar-refractivity contribution is 7.84. The number of urea groups is 1. The van der Waals surface area contributed by atoms with Gasteiger partial charge in [-0.05, 0) is 24.1 Å². The molecule has 0 spiro atoms. The van der Waals surface area contributed by atoms with Gasteiger partial charge in [0.05, 0.1) is 12.6 Å². The lowest BCUT2D eigenvalue weighted by atomic mass is 9.90. The first-order valence-corrected chi connectivity index (χ1v) is 11.7. The summed E-state index contributed by atoms with van der Waals surface area (Å²) in [5.74, 6) is -0.794. The topological polar surface area (TPSA) is 181 Å². The first kappa shape index (κ1) is 25.2. The molecule has 34 heavy (non-hydrogen) atoms. The first-order chi connectivity index (χ1) is 16.0. The van der Waals surface area contributed by atoms with Crippen LogP contribution < -0.4 is 15.4 Å². The summed E-state index contributed by atoms with van der Waals surface area (Å²) >= 11 is 0. The Morgan fingerprint density at radius 1 is 1.09 bits per heavy atom. The van der Waals surface area contributed by atoms with E-state index < -0.39 is 46.5 Å². The van der Waals surface area contributed by atoms with Crippen molar-refractivity contribution in [1.82, 2.24) is 20.3 Å². The zero-order chi connectivity index (χ0) is 24.9. The van der Waals surface area contributed by atoms with Crippen molar-refractivity contribution in [3.8, 4) is 0 Å². The first-order valence-electron chi connectivity index (χ1n) is 10.3. The maximum Gasteiger partial charge on any atom is 0.361 e. The zero-order valence-corrected chi connectivity index (χ0v) is 19.0. The fraction of sp³-hybridized carbons (Fsp3) is 0.273. The third-order valence-electron chi connectivity index (χ3n) is 5.37. The second-order valence-corrected chi connectivity index (χ2v) is 9.17. The van der Waals surface area contributed by atoms with Crippen molar-refractivity contribution < 1.29 is 32.8 Å². The largest absolute Gasteiger partial charge is 0.394 e. The third kappa shape index (κ3) is 6.11. The molecule has 0 saturated heterocycles. The lowest BCUT2D eigenvalue weighted by molar-refractivity contribution is -0.128. The van der Waals surface area contributed by atoms with E-state index in [1.54, 1.807) is 42.6 Å². The van der Waals surface area contributed by atoms with Gasteiger partial charge in [0, 0.05) is 23.5 Å². The predicted molar refractivity (Wildman–Crippen MR) is 124 cm³/mol. The van der Waals surface area contributed by atoms with Gasteiger partial charge in [0.25, 0.3) is 0 Å². The quantitative estimate of drug-likeness (QED) is 0.216. The van der Waals surface area contributed by atoms with Crippen LogP contribution in [-0.2, 0) is 21.5 Å². The fourth-order valence-corrected chi connectivity index (χ4v) is 3.95. The standard InChI is InChI=1S/C22H26N4O7S/c1-22(25-21(30)26-34(31,32)33,11-15-12-23-17-10-6-5-9-16(15)17)20(29)24-18(13-27)19(28)14-7-3-2-4-8-14/h2-10,12,18-19,23,27-28H,11,13H2,1H3,(H,24,29)(H2,25,26,30)(H,31,32,33). The maximum absolute atomic E-state index is 13.3. The van der Waals surface area contributed by atoms with E-state index in [1.807, 2.05) is 18.2 Å². The van der Waals surface area contributed by atoms with Gasteiger partial charge in [-0.25, -0.2) is 9.52 Å². The van der Waals surface area contributed by atoms with Gasteiger partial charge in [0.15, 0.2) is 0 Å². The molecule has 3 amide bonds. The number of benzene rings is 2. The Labute approximate surface area is 196 Å². The van der Waals surface area contributed by atoms with Gasteiger partial charge in [0.1, 0.15) is 11.6 Å². The van der Waals surface area contributed by atoms with Crippen LogP contribution in [0.4, 0.5) is 4.79 Å². The van der Waals surface area contributed by atoms with Crippen LogP contribution >= 0.6 is 0 Å². The fourth-order valence-electron chi connectivity index (χ4n) is 3.67. The molecule has 3 unspecified atom stereocenters. The molecule has 3 atom stereocenters. The molecule has 2 aromatic carbocycles. The summed E-state index contributed by atoms with van der Waals surface area (Å²) in [6.07, 6.45) is 0.321. The van der Waals surface area contributed by atoms with Gasteiger partial charge >= 0.3 is 16.3 Å². The minimum atomic E-state index is -4.88. The molecule has 1 heterocycles. The van der Waals surface area contributed by atoms with Crippen LogP contribution in [0.5, 0.6) is 0 Å². The molecular formula is C22H26N4O7S.